The lowest BCUT2D eigenvalue weighted by Crippen LogP contribution is -2.29. The highest BCUT2D eigenvalue weighted by Gasteiger charge is 2.08. The van der Waals surface area contributed by atoms with Crippen molar-refractivity contribution in [1.82, 2.24) is 9.88 Å². The molecule has 4 nitrogen and oxygen atoms in total. The molecule has 0 atom stereocenters. The molecule has 1 aromatic carbocycles. The lowest BCUT2D eigenvalue weighted by molar-refractivity contribution is 0.144. The van der Waals surface area contributed by atoms with Crippen molar-refractivity contribution >= 4 is 10.9 Å². The van der Waals surface area contributed by atoms with Gasteiger partial charge in [0.2, 0.25) is 0 Å². The third kappa shape index (κ3) is 4.00. The van der Waals surface area contributed by atoms with Crippen molar-refractivity contribution < 1.29 is 4.74 Å². The quantitative estimate of drug-likeness (QED) is 0.799. The molecule has 2 rings (SSSR count). The summed E-state index contributed by atoms with van der Waals surface area (Å²) in [5.41, 5.74) is 7.98. The number of para-hydroxylation sites is 1. The highest BCUT2D eigenvalue weighted by Crippen LogP contribution is 2.17. The molecule has 108 valence electrons. The van der Waals surface area contributed by atoms with Gasteiger partial charge in [0.25, 0.3) is 0 Å². The van der Waals surface area contributed by atoms with E-state index >= 15 is 0 Å². The fourth-order valence-corrected chi connectivity index (χ4v) is 2.34. The molecular formula is C16H23N3O. The van der Waals surface area contributed by atoms with Crippen LogP contribution >= 0.6 is 0 Å². The Morgan fingerprint density at radius 1 is 1.20 bits per heavy atom. The Balaban J connectivity index is 2.14. The lowest BCUT2D eigenvalue weighted by Gasteiger charge is -2.22. The summed E-state index contributed by atoms with van der Waals surface area (Å²) in [6, 6.07) is 10.4. The van der Waals surface area contributed by atoms with E-state index in [0.29, 0.717) is 0 Å². The van der Waals surface area contributed by atoms with Gasteiger partial charge in [-0.05, 0) is 37.2 Å². The van der Waals surface area contributed by atoms with E-state index < -0.39 is 0 Å². The second-order valence-corrected chi connectivity index (χ2v) is 4.90. The molecule has 0 spiro atoms. The maximum atomic E-state index is 5.62. The largest absolute Gasteiger partial charge is 0.383 e. The number of aromatic nitrogens is 1. The SMILES string of the molecule is COCCN(CCCN)Cc1ccnc2ccccc12. The molecule has 0 aliphatic heterocycles. The topological polar surface area (TPSA) is 51.4 Å². The van der Waals surface area contributed by atoms with Crippen molar-refractivity contribution in [3.63, 3.8) is 0 Å². The van der Waals surface area contributed by atoms with E-state index in [4.69, 9.17) is 10.5 Å². The number of nitrogens with two attached hydrogens (primary N) is 1. The molecule has 0 fully saturated rings. The van der Waals surface area contributed by atoms with E-state index in [1.54, 1.807) is 7.11 Å². The number of benzene rings is 1. The molecule has 0 aliphatic carbocycles. The molecule has 2 N–H and O–H groups in total. The molecule has 0 aliphatic rings. The molecule has 2 aromatic rings. The van der Waals surface area contributed by atoms with Gasteiger partial charge in [-0.1, -0.05) is 18.2 Å². The molecule has 1 aromatic heterocycles. The van der Waals surface area contributed by atoms with Crippen molar-refractivity contribution in [2.24, 2.45) is 5.73 Å². The van der Waals surface area contributed by atoms with Crippen molar-refractivity contribution in [3.8, 4) is 0 Å². The lowest BCUT2D eigenvalue weighted by atomic mass is 10.1. The third-order valence-electron chi connectivity index (χ3n) is 3.42. The Morgan fingerprint density at radius 2 is 2.05 bits per heavy atom. The second kappa shape index (κ2) is 7.94. The molecule has 0 bridgehead atoms. The van der Waals surface area contributed by atoms with Crippen molar-refractivity contribution in [2.75, 3.05) is 33.4 Å². The zero-order chi connectivity index (χ0) is 14.2. The molecule has 0 saturated carbocycles. The minimum atomic E-state index is 0.723. The first-order valence-electron chi connectivity index (χ1n) is 7.09. The predicted molar refractivity (Wildman–Crippen MR) is 82.6 cm³/mol. The number of methoxy groups -OCH3 is 1. The van der Waals surface area contributed by atoms with Gasteiger partial charge in [-0.15, -0.1) is 0 Å². The number of ether oxygens (including phenoxy) is 1. The average Bonchev–Trinajstić information content (AvgIpc) is 2.50. The Labute approximate surface area is 120 Å². The summed E-state index contributed by atoms with van der Waals surface area (Å²) in [5, 5.41) is 1.23. The Morgan fingerprint density at radius 3 is 2.85 bits per heavy atom. The van der Waals surface area contributed by atoms with Gasteiger partial charge >= 0.3 is 0 Å². The molecule has 0 amide bonds. The van der Waals surface area contributed by atoms with Gasteiger partial charge in [0.1, 0.15) is 0 Å². The van der Waals surface area contributed by atoms with Crippen LogP contribution in [0.2, 0.25) is 0 Å². The fourth-order valence-electron chi connectivity index (χ4n) is 2.34. The van der Waals surface area contributed by atoms with Gasteiger partial charge in [-0.25, -0.2) is 0 Å². The molecule has 0 saturated heterocycles. The summed E-state index contributed by atoms with van der Waals surface area (Å²) < 4.78 is 5.19. The van der Waals surface area contributed by atoms with Crippen molar-refractivity contribution in [1.29, 1.82) is 0 Å². The van der Waals surface area contributed by atoms with Gasteiger partial charge in [0, 0.05) is 31.8 Å². The van der Waals surface area contributed by atoms with Crippen LogP contribution in [0.15, 0.2) is 36.5 Å². The summed E-state index contributed by atoms with van der Waals surface area (Å²) in [4.78, 5) is 6.80. The summed E-state index contributed by atoms with van der Waals surface area (Å²) in [5.74, 6) is 0. The number of hydrogen-bond acceptors (Lipinski definition) is 4. The molecule has 0 radical (unpaired) electrons. The highest BCUT2D eigenvalue weighted by atomic mass is 16.5. The minimum absolute atomic E-state index is 0.723. The van der Waals surface area contributed by atoms with Crippen LogP contribution in [0, 0.1) is 0 Å². The van der Waals surface area contributed by atoms with Crippen LogP contribution in [0.25, 0.3) is 10.9 Å². The molecule has 1 heterocycles. The highest BCUT2D eigenvalue weighted by molar-refractivity contribution is 5.81. The summed E-state index contributed by atoms with van der Waals surface area (Å²) in [6.07, 6.45) is 2.89. The first-order valence-corrected chi connectivity index (χ1v) is 7.09. The summed E-state index contributed by atoms with van der Waals surface area (Å²) in [7, 11) is 1.74. The number of hydrogen-bond donors (Lipinski definition) is 1. The molecule has 0 unspecified atom stereocenters. The smallest absolute Gasteiger partial charge is 0.0705 e. The predicted octanol–water partition coefficient (Wildman–Crippen LogP) is 2.03. The molecular weight excluding hydrogens is 250 g/mol. The zero-order valence-electron chi connectivity index (χ0n) is 12.1. The van der Waals surface area contributed by atoms with Gasteiger partial charge in [-0.3, -0.25) is 9.88 Å². The van der Waals surface area contributed by atoms with Gasteiger partial charge in [0.15, 0.2) is 0 Å². The van der Waals surface area contributed by atoms with E-state index in [1.807, 2.05) is 12.3 Å². The second-order valence-electron chi connectivity index (χ2n) is 4.90. The Kier molecular flexibility index (Phi) is 5.92. The van der Waals surface area contributed by atoms with Crippen LogP contribution in [-0.2, 0) is 11.3 Å². The molecule has 4 heteroatoms. The monoisotopic (exact) mass is 273 g/mol. The minimum Gasteiger partial charge on any atom is -0.383 e. The van der Waals surface area contributed by atoms with E-state index in [1.165, 1.54) is 10.9 Å². The van der Waals surface area contributed by atoms with Crippen LogP contribution in [0.1, 0.15) is 12.0 Å². The van der Waals surface area contributed by atoms with Crippen LogP contribution in [-0.4, -0.2) is 43.2 Å². The number of fused-ring (bicyclic) bond motifs is 1. The summed E-state index contributed by atoms with van der Waals surface area (Å²) >= 11 is 0. The zero-order valence-corrected chi connectivity index (χ0v) is 12.1. The maximum Gasteiger partial charge on any atom is 0.0705 e. The Hall–Kier alpha value is -1.49. The third-order valence-corrected chi connectivity index (χ3v) is 3.42. The van der Waals surface area contributed by atoms with E-state index in [2.05, 4.69) is 34.1 Å². The van der Waals surface area contributed by atoms with E-state index in [-0.39, 0.29) is 0 Å². The van der Waals surface area contributed by atoms with Gasteiger partial charge < -0.3 is 10.5 Å². The van der Waals surface area contributed by atoms with Crippen LogP contribution in [0.3, 0.4) is 0 Å². The van der Waals surface area contributed by atoms with Gasteiger partial charge in [-0.2, -0.15) is 0 Å². The van der Waals surface area contributed by atoms with Gasteiger partial charge in [0.05, 0.1) is 12.1 Å². The van der Waals surface area contributed by atoms with Crippen molar-refractivity contribution in [2.45, 2.75) is 13.0 Å². The first-order chi connectivity index (χ1) is 9.85. The average molecular weight is 273 g/mol. The van der Waals surface area contributed by atoms with Crippen LogP contribution in [0.5, 0.6) is 0 Å². The van der Waals surface area contributed by atoms with Crippen molar-refractivity contribution in [3.05, 3.63) is 42.1 Å². The standard InChI is InChI=1S/C16H23N3O/c1-20-12-11-19(10-4-8-17)13-14-7-9-18-16-6-3-2-5-15(14)16/h2-3,5-7,9H,4,8,10-13,17H2,1H3. The molecule has 20 heavy (non-hydrogen) atoms. The maximum absolute atomic E-state index is 5.62. The number of rotatable bonds is 8. The van der Waals surface area contributed by atoms with E-state index in [9.17, 15) is 0 Å². The Bertz CT molecular complexity index is 517. The summed E-state index contributed by atoms with van der Waals surface area (Å²) in [6.45, 7) is 4.30. The first kappa shape index (κ1) is 14.9. The van der Waals surface area contributed by atoms with Crippen LogP contribution in [0.4, 0.5) is 0 Å². The number of pyridine rings is 1. The van der Waals surface area contributed by atoms with E-state index in [0.717, 1.165) is 44.7 Å². The number of nitrogens with zero attached hydrogens (tertiary/aromatic N) is 2. The normalized spacial score (nSPS) is 11.3. The fraction of sp³-hybridized carbons (Fsp3) is 0.438. The van der Waals surface area contributed by atoms with Crippen LogP contribution < -0.4 is 5.73 Å².